The zero-order valence-corrected chi connectivity index (χ0v) is 18.8. The number of rotatable bonds is 8. The highest BCUT2D eigenvalue weighted by Gasteiger charge is 2.33. The molecule has 2 aromatic carbocycles. The summed E-state index contributed by atoms with van der Waals surface area (Å²) in [5, 5.41) is 0. The van der Waals surface area contributed by atoms with Crippen LogP contribution in [0.15, 0.2) is 71.9 Å². The van der Waals surface area contributed by atoms with Gasteiger partial charge in [0.2, 0.25) is 0 Å². The lowest BCUT2D eigenvalue weighted by atomic mass is 10.1. The maximum Gasteiger partial charge on any atom is 0.262 e. The molecule has 32 heavy (non-hydrogen) atoms. The molecule has 1 saturated carbocycles. The number of hydrogen-bond acceptors (Lipinski definition) is 5. The minimum atomic E-state index is -3.88. The van der Waals surface area contributed by atoms with Crippen LogP contribution in [0.5, 0.6) is 5.75 Å². The molecule has 8 heteroatoms. The Labute approximate surface area is 188 Å². The van der Waals surface area contributed by atoms with Gasteiger partial charge in [-0.2, -0.15) is 0 Å². The van der Waals surface area contributed by atoms with Crippen LogP contribution in [-0.4, -0.2) is 37.4 Å². The van der Waals surface area contributed by atoms with Crippen LogP contribution in [-0.2, 0) is 16.6 Å². The first-order valence-electron chi connectivity index (χ1n) is 10.3. The summed E-state index contributed by atoms with van der Waals surface area (Å²) >= 11 is 0. The topological polar surface area (TPSA) is 88.6 Å². The number of hydrogen-bond donors (Lipinski definition) is 1. The molecule has 0 atom stereocenters. The van der Waals surface area contributed by atoms with Crippen LogP contribution in [0.3, 0.4) is 0 Å². The maximum atomic E-state index is 13.3. The predicted molar refractivity (Wildman–Crippen MR) is 122 cm³/mol. The zero-order valence-electron chi connectivity index (χ0n) is 18.0. The van der Waals surface area contributed by atoms with Crippen molar-refractivity contribution in [3.63, 3.8) is 0 Å². The first-order valence-corrected chi connectivity index (χ1v) is 11.8. The van der Waals surface area contributed by atoms with Crippen LogP contribution in [0, 0.1) is 6.92 Å². The van der Waals surface area contributed by atoms with E-state index in [1.54, 1.807) is 67.7 Å². The van der Waals surface area contributed by atoms with E-state index in [9.17, 15) is 13.2 Å². The van der Waals surface area contributed by atoms with Gasteiger partial charge in [0.15, 0.2) is 0 Å². The van der Waals surface area contributed by atoms with Gasteiger partial charge in [0.05, 0.1) is 12.0 Å². The SMILES string of the molecule is COc1ccc(NS(=O)(=O)c2cc(C(=O)N(Cc3cccnc3)C3CC3)ccc2C)cc1. The number of benzene rings is 2. The van der Waals surface area contributed by atoms with Crippen LogP contribution in [0.25, 0.3) is 0 Å². The molecule has 0 bridgehead atoms. The van der Waals surface area contributed by atoms with E-state index in [0.29, 0.717) is 29.1 Å². The molecule has 3 aromatic rings. The van der Waals surface area contributed by atoms with Crippen molar-refractivity contribution in [3.8, 4) is 5.75 Å². The second-order valence-corrected chi connectivity index (χ2v) is 9.49. The van der Waals surface area contributed by atoms with E-state index in [2.05, 4.69) is 9.71 Å². The number of aromatic nitrogens is 1. The number of methoxy groups -OCH3 is 1. The summed E-state index contributed by atoms with van der Waals surface area (Å²) in [5.74, 6) is 0.447. The molecule has 0 unspecified atom stereocenters. The van der Waals surface area contributed by atoms with E-state index in [-0.39, 0.29) is 16.8 Å². The van der Waals surface area contributed by atoms with Crippen molar-refractivity contribution in [1.82, 2.24) is 9.88 Å². The van der Waals surface area contributed by atoms with Crippen molar-refractivity contribution < 1.29 is 17.9 Å². The van der Waals surface area contributed by atoms with Gasteiger partial charge in [-0.3, -0.25) is 14.5 Å². The Kier molecular flexibility index (Phi) is 6.14. The fourth-order valence-electron chi connectivity index (χ4n) is 3.50. The van der Waals surface area contributed by atoms with E-state index in [1.807, 2.05) is 12.1 Å². The number of nitrogens with zero attached hydrogens (tertiary/aromatic N) is 2. The Morgan fingerprint density at radius 3 is 2.53 bits per heavy atom. The molecule has 1 aliphatic carbocycles. The molecule has 1 aliphatic rings. The number of aryl methyl sites for hydroxylation is 1. The quantitative estimate of drug-likeness (QED) is 0.559. The second-order valence-electron chi connectivity index (χ2n) is 7.84. The summed E-state index contributed by atoms with van der Waals surface area (Å²) in [5.41, 5.74) is 2.27. The highest BCUT2D eigenvalue weighted by atomic mass is 32.2. The number of carbonyl (C=O) groups excluding carboxylic acids is 1. The molecule has 1 heterocycles. The van der Waals surface area contributed by atoms with Crippen LogP contribution in [0.2, 0.25) is 0 Å². The molecule has 0 spiro atoms. The Balaban J connectivity index is 1.60. The molecule has 1 fully saturated rings. The molecule has 0 saturated heterocycles. The van der Waals surface area contributed by atoms with Crippen molar-refractivity contribution in [2.24, 2.45) is 0 Å². The molecule has 166 valence electrons. The van der Waals surface area contributed by atoms with Gasteiger partial charge < -0.3 is 9.64 Å². The molecule has 7 nitrogen and oxygen atoms in total. The Bertz CT molecular complexity index is 1210. The lowest BCUT2D eigenvalue weighted by Gasteiger charge is -2.23. The van der Waals surface area contributed by atoms with Crippen LogP contribution < -0.4 is 9.46 Å². The fourth-order valence-corrected chi connectivity index (χ4v) is 4.83. The maximum absolute atomic E-state index is 13.3. The molecule has 0 radical (unpaired) electrons. The molecule has 1 N–H and O–H groups in total. The van der Waals surface area contributed by atoms with Crippen molar-refractivity contribution in [2.45, 2.75) is 37.2 Å². The molecule has 4 rings (SSSR count). The first kappa shape index (κ1) is 21.8. The van der Waals surface area contributed by atoms with Crippen LogP contribution >= 0.6 is 0 Å². The summed E-state index contributed by atoms with van der Waals surface area (Å²) in [4.78, 5) is 19.3. The molecule has 0 aliphatic heterocycles. The Morgan fingerprint density at radius 2 is 1.91 bits per heavy atom. The lowest BCUT2D eigenvalue weighted by molar-refractivity contribution is 0.0729. The lowest BCUT2D eigenvalue weighted by Crippen LogP contribution is -2.32. The molecular formula is C24H25N3O4S. The number of pyridine rings is 1. The summed E-state index contributed by atoms with van der Waals surface area (Å²) < 4.78 is 33.9. The standard InChI is InChI=1S/C24H25N3O4S/c1-17-5-6-19(24(28)27(21-9-10-21)16-18-4-3-13-25-15-18)14-23(17)32(29,30)26-20-7-11-22(31-2)12-8-20/h3-8,11-15,21,26H,9-10,16H2,1-2H3. The van der Waals surface area contributed by atoms with Gasteiger partial charge in [-0.25, -0.2) is 8.42 Å². The summed E-state index contributed by atoms with van der Waals surface area (Å²) in [6.07, 6.45) is 5.33. The van der Waals surface area contributed by atoms with Gasteiger partial charge in [-0.15, -0.1) is 0 Å². The highest BCUT2D eigenvalue weighted by molar-refractivity contribution is 7.92. The molecule has 1 aromatic heterocycles. The van der Waals surface area contributed by atoms with Gasteiger partial charge in [0.1, 0.15) is 5.75 Å². The van der Waals surface area contributed by atoms with Crippen LogP contribution in [0.4, 0.5) is 5.69 Å². The van der Waals surface area contributed by atoms with Crippen molar-refractivity contribution >= 4 is 21.6 Å². The van der Waals surface area contributed by atoms with Gasteiger partial charge in [-0.1, -0.05) is 12.1 Å². The van der Waals surface area contributed by atoms with Crippen molar-refractivity contribution in [1.29, 1.82) is 0 Å². The van der Waals surface area contributed by atoms with Gasteiger partial charge >= 0.3 is 0 Å². The number of anilines is 1. The van der Waals surface area contributed by atoms with Gasteiger partial charge in [0, 0.05) is 36.2 Å². The Hall–Kier alpha value is -3.39. The number of carbonyl (C=O) groups is 1. The van der Waals surface area contributed by atoms with Crippen LogP contribution in [0.1, 0.15) is 34.3 Å². The summed E-state index contributed by atoms with van der Waals surface area (Å²) in [6, 6.07) is 15.4. The van der Waals surface area contributed by atoms with Crippen molar-refractivity contribution in [2.75, 3.05) is 11.8 Å². The van der Waals surface area contributed by atoms with Crippen molar-refractivity contribution in [3.05, 3.63) is 83.7 Å². The number of nitrogens with one attached hydrogen (secondary N) is 1. The van der Waals surface area contributed by atoms with E-state index in [0.717, 1.165) is 18.4 Å². The third kappa shape index (κ3) is 4.91. The predicted octanol–water partition coefficient (Wildman–Crippen LogP) is 4.00. The third-order valence-electron chi connectivity index (χ3n) is 5.39. The minimum absolute atomic E-state index is 0.0799. The first-order chi connectivity index (χ1) is 15.4. The van der Waals surface area contributed by atoms with E-state index < -0.39 is 10.0 Å². The number of sulfonamides is 1. The van der Waals surface area contributed by atoms with Gasteiger partial charge in [-0.05, 0) is 73.4 Å². The van der Waals surface area contributed by atoms with E-state index in [4.69, 9.17) is 4.74 Å². The Morgan fingerprint density at radius 1 is 1.16 bits per heavy atom. The largest absolute Gasteiger partial charge is 0.497 e. The normalized spacial score (nSPS) is 13.4. The zero-order chi connectivity index (χ0) is 22.7. The second kappa shape index (κ2) is 9.00. The summed E-state index contributed by atoms with van der Waals surface area (Å²) in [6.45, 7) is 2.16. The fraction of sp³-hybridized carbons (Fsp3) is 0.250. The third-order valence-corrected chi connectivity index (χ3v) is 6.91. The number of amides is 1. The molecular weight excluding hydrogens is 426 g/mol. The average molecular weight is 452 g/mol. The highest BCUT2D eigenvalue weighted by Crippen LogP contribution is 2.31. The van der Waals surface area contributed by atoms with E-state index >= 15 is 0 Å². The summed E-state index contributed by atoms with van der Waals surface area (Å²) in [7, 11) is -2.33. The minimum Gasteiger partial charge on any atom is -0.497 e. The van der Waals surface area contributed by atoms with Gasteiger partial charge in [0.25, 0.3) is 15.9 Å². The molecule has 1 amide bonds. The smallest absolute Gasteiger partial charge is 0.262 e. The number of ether oxygens (including phenoxy) is 1. The monoisotopic (exact) mass is 451 g/mol. The average Bonchev–Trinajstić information content (AvgIpc) is 3.63. The van der Waals surface area contributed by atoms with E-state index in [1.165, 1.54) is 6.07 Å².